The van der Waals surface area contributed by atoms with Gasteiger partial charge in [-0.3, -0.25) is 9.69 Å². The average Bonchev–Trinajstić information content (AvgIpc) is 3.24. The quantitative estimate of drug-likeness (QED) is 0.409. The van der Waals surface area contributed by atoms with E-state index in [-0.39, 0.29) is 45.7 Å². The Balaban J connectivity index is 1.08. The number of phenols is 1. The summed E-state index contributed by atoms with van der Waals surface area (Å²) in [4.78, 5) is 48.5. The van der Waals surface area contributed by atoms with E-state index in [1.54, 1.807) is 21.9 Å². The van der Waals surface area contributed by atoms with Crippen molar-refractivity contribution in [2.45, 2.75) is 82.0 Å². The predicted octanol–water partition coefficient (Wildman–Crippen LogP) is 4.39. The van der Waals surface area contributed by atoms with E-state index in [2.05, 4.69) is 22.9 Å². The van der Waals surface area contributed by atoms with Crippen LogP contribution >= 0.6 is 23.2 Å². The molecule has 5 N–H and O–H groups in total. The number of anilines is 1. The number of amides is 4. The number of likely N-dealkylation sites (tertiary alicyclic amines) is 3. The van der Waals surface area contributed by atoms with Gasteiger partial charge in [0.05, 0.1) is 15.6 Å². The van der Waals surface area contributed by atoms with Gasteiger partial charge in [0.25, 0.3) is 5.91 Å². The van der Waals surface area contributed by atoms with Crippen LogP contribution in [0, 0.1) is 0 Å². The van der Waals surface area contributed by atoms with Gasteiger partial charge in [-0.2, -0.15) is 0 Å². The first-order valence-electron chi connectivity index (χ1n) is 17.1. The molecule has 4 aliphatic rings. The predicted molar refractivity (Wildman–Crippen MR) is 184 cm³/mol. The number of aromatic hydroxyl groups is 1. The Morgan fingerprint density at radius 1 is 0.958 bits per heavy atom. The number of urea groups is 1. The van der Waals surface area contributed by atoms with Crippen molar-refractivity contribution in [2.75, 3.05) is 51.1 Å². The number of rotatable bonds is 6. The van der Waals surface area contributed by atoms with Crippen molar-refractivity contribution >= 4 is 46.9 Å². The minimum Gasteiger partial charge on any atom is -0.505 e. The number of benzene rings is 2. The maximum absolute atomic E-state index is 14.0. The number of carbonyl (C=O) groups excluding carboxylic acids is 3. The Labute approximate surface area is 292 Å². The van der Waals surface area contributed by atoms with E-state index in [0.29, 0.717) is 57.2 Å². The van der Waals surface area contributed by atoms with E-state index in [1.807, 2.05) is 29.2 Å². The molecule has 0 aromatic heterocycles. The molecule has 0 spiro atoms. The molecule has 4 aliphatic heterocycles. The first kappa shape index (κ1) is 34.6. The smallest absolute Gasteiger partial charge is 0.410 e. The number of piperidine rings is 3. The molecular formula is C35H47Cl2N6O5+. The van der Waals surface area contributed by atoms with Crippen LogP contribution in [-0.2, 0) is 22.4 Å². The van der Waals surface area contributed by atoms with Gasteiger partial charge in [-0.15, -0.1) is 0 Å². The second-order valence-corrected chi connectivity index (χ2v) is 15.0. The molecule has 1 unspecified atom stereocenters. The molecule has 0 radical (unpaired) electrons. The average molecular weight is 703 g/mol. The number of ether oxygens (including phenoxy) is 1. The van der Waals surface area contributed by atoms with Gasteiger partial charge in [-0.1, -0.05) is 41.4 Å². The maximum atomic E-state index is 14.0. The number of hydrogen-bond donors (Lipinski definition) is 3. The van der Waals surface area contributed by atoms with Crippen LogP contribution in [0.3, 0.4) is 0 Å². The summed E-state index contributed by atoms with van der Waals surface area (Å²) in [6.45, 7) is 6.85. The van der Waals surface area contributed by atoms with E-state index in [1.165, 1.54) is 0 Å². The lowest BCUT2D eigenvalue weighted by atomic mass is 9.89. The van der Waals surface area contributed by atoms with Gasteiger partial charge >= 0.3 is 12.1 Å². The Morgan fingerprint density at radius 3 is 2.23 bits per heavy atom. The van der Waals surface area contributed by atoms with Crippen LogP contribution in [0.5, 0.6) is 5.75 Å². The zero-order chi connectivity index (χ0) is 34.0. The molecule has 260 valence electrons. The Kier molecular flexibility index (Phi) is 10.6. The van der Waals surface area contributed by atoms with Crippen molar-refractivity contribution in [3.8, 4) is 5.75 Å². The second kappa shape index (κ2) is 14.7. The highest BCUT2D eigenvalue weighted by Gasteiger charge is 2.38. The second-order valence-electron chi connectivity index (χ2n) is 14.1. The zero-order valence-electron chi connectivity index (χ0n) is 27.6. The fraction of sp³-hybridized carbons (Fsp3) is 0.571. The van der Waals surface area contributed by atoms with Crippen molar-refractivity contribution in [2.24, 2.45) is 0 Å². The highest BCUT2D eigenvalue weighted by atomic mass is 35.5. The third kappa shape index (κ3) is 7.96. The van der Waals surface area contributed by atoms with Crippen LogP contribution < -0.4 is 11.1 Å². The third-order valence-corrected chi connectivity index (χ3v) is 11.2. The van der Waals surface area contributed by atoms with Crippen molar-refractivity contribution < 1.29 is 30.0 Å². The molecule has 2 aromatic carbocycles. The molecule has 13 heteroatoms. The van der Waals surface area contributed by atoms with E-state index < -0.39 is 12.2 Å². The molecule has 1 atom stereocenters. The van der Waals surface area contributed by atoms with Gasteiger partial charge < -0.3 is 35.6 Å². The van der Waals surface area contributed by atoms with Gasteiger partial charge in [0.2, 0.25) is 0 Å². The summed E-state index contributed by atoms with van der Waals surface area (Å²) in [5, 5.41) is 13.2. The number of fused-ring (bicyclic) bond motifs is 1. The number of nitrogens with one attached hydrogen (secondary N) is 1. The molecule has 48 heavy (non-hydrogen) atoms. The van der Waals surface area contributed by atoms with Crippen LogP contribution in [0.15, 0.2) is 36.4 Å². The number of quaternary nitrogens is 1. The molecule has 3 saturated heterocycles. The number of carbonyl (C=O) groups is 3. The largest absolute Gasteiger partial charge is 0.505 e. The molecule has 3 fully saturated rings. The zero-order valence-corrected chi connectivity index (χ0v) is 29.1. The molecular weight excluding hydrogens is 655 g/mol. The minimum atomic E-state index is -1.08. The Morgan fingerprint density at radius 2 is 1.56 bits per heavy atom. The van der Waals surface area contributed by atoms with Crippen LogP contribution in [0.25, 0.3) is 0 Å². The first-order chi connectivity index (χ1) is 23.0. The normalized spacial score (nSPS) is 21.7. The lowest BCUT2D eigenvalue weighted by Crippen LogP contribution is -2.74. The maximum Gasteiger partial charge on any atom is 0.410 e. The number of para-hydroxylation sites is 1. The molecule has 4 amide bonds. The number of phenolic OH excluding ortho intramolecular Hbond substituents is 1. The fourth-order valence-electron chi connectivity index (χ4n) is 7.51. The molecule has 0 saturated carbocycles. The molecule has 6 rings (SSSR count). The van der Waals surface area contributed by atoms with E-state index >= 15 is 0 Å². The standard InChI is InChI=1S/C35H46Cl2N6O5/c1-35(38)11-18-40(19-12-35)25-7-13-41(14-8-25)32(45)30(22-23-20-27(36)31(44)28(37)21-23)48-34(47)42-15-9-26(10-16-42)43-17-6-24-4-2-3-5-29(24)39-33(43)46/h2-5,20-21,25-26,30,44H,6-19,22,38H2,1H3,(H,39,46)/p+1. The van der Waals surface area contributed by atoms with Crippen molar-refractivity contribution in [3.05, 3.63) is 57.6 Å². The lowest BCUT2D eigenvalue weighted by Gasteiger charge is -2.43. The summed E-state index contributed by atoms with van der Waals surface area (Å²) >= 11 is 12.4. The van der Waals surface area contributed by atoms with E-state index in [4.69, 9.17) is 27.9 Å². The van der Waals surface area contributed by atoms with Gasteiger partial charge in [0, 0.05) is 82.8 Å². The van der Waals surface area contributed by atoms with Gasteiger partial charge in [0.1, 0.15) is 0 Å². The highest BCUT2D eigenvalue weighted by Crippen LogP contribution is 2.34. The topological polar surface area (TPSA) is 133 Å². The summed E-state index contributed by atoms with van der Waals surface area (Å²) in [6, 6.07) is 11.2. The van der Waals surface area contributed by atoms with Crippen LogP contribution in [0.4, 0.5) is 15.3 Å². The van der Waals surface area contributed by atoms with Gasteiger partial charge in [-0.25, -0.2) is 9.59 Å². The molecule has 0 bridgehead atoms. The van der Waals surface area contributed by atoms with Crippen LogP contribution in [0.2, 0.25) is 10.0 Å². The van der Waals surface area contributed by atoms with Crippen molar-refractivity contribution in [1.29, 1.82) is 0 Å². The fourth-order valence-corrected chi connectivity index (χ4v) is 8.04. The van der Waals surface area contributed by atoms with Crippen molar-refractivity contribution in [1.82, 2.24) is 19.6 Å². The number of nitrogens with zero attached hydrogens (tertiary/aromatic N) is 4. The molecule has 2 aromatic rings. The lowest BCUT2D eigenvalue weighted by molar-refractivity contribution is -0.479. The summed E-state index contributed by atoms with van der Waals surface area (Å²) in [7, 11) is 0. The molecule has 11 nitrogen and oxygen atoms in total. The minimum absolute atomic E-state index is 0.00870. The molecule has 0 aliphatic carbocycles. The monoisotopic (exact) mass is 701 g/mol. The first-order valence-corrected chi connectivity index (χ1v) is 17.9. The third-order valence-electron chi connectivity index (χ3n) is 10.6. The molecule has 4 heterocycles. The number of hydrogen-bond acceptors (Lipinski definition) is 6. The summed E-state index contributed by atoms with van der Waals surface area (Å²) in [5.41, 5.74) is 7.01. The Hall–Kier alpha value is -3.25. The highest BCUT2D eigenvalue weighted by molar-refractivity contribution is 6.37. The number of halogens is 2. The summed E-state index contributed by atoms with van der Waals surface area (Å²) in [5.74, 6) is -0.479. The van der Waals surface area contributed by atoms with Crippen LogP contribution in [0.1, 0.15) is 56.6 Å². The van der Waals surface area contributed by atoms with Gasteiger partial charge in [0.15, 0.2) is 11.9 Å². The Bertz CT molecular complexity index is 1480. The summed E-state index contributed by atoms with van der Waals surface area (Å²) in [6.07, 6.45) is 4.27. The van der Waals surface area contributed by atoms with Crippen LogP contribution in [-0.4, -0.2) is 112 Å². The van der Waals surface area contributed by atoms with E-state index in [9.17, 15) is 19.5 Å². The van der Waals surface area contributed by atoms with Crippen molar-refractivity contribution in [3.63, 3.8) is 0 Å². The van der Waals surface area contributed by atoms with E-state index in [0.717, 1.165) is 56.4 Å². The SMILES string of the molecule is CC1([NH3+])CCN(C2CCN(C(=O)C(Cc3cc(Cl)c(O)c(Cl)c3)OC(=O)N3CCC(N4CCc5ccccc5NC4=O)CC3)CC2)CC1. The summed E-state index contributed by atoms with van der Waals surface area (Å²) < 4.78 is 5.99. The van der Waals surface area contributed by atoms with Gasteiger partial charge in [-0.05, 0) is 68.4 Å².